The van der Waals surface area contributed by atoms with Gasteiger partial charge in [-0.05, 0) is 36.8 Å². The summed E-state index contributed by atoms with van der Waals surface area (Å²) in [4.78, 5) is 16.4. The molecule has 1 aromatic carbocycles. The van der Waals surface area contributed by atoms with Crippen LogP contribution in [0.1, 0.15) is 18.5 Å². The van der Waals surface area contributed by atoms with E-state index in [0.29, 0.717) is 46.8 Å². The standard InChI is InChI=1S/C18H16Cl3N3O2/c19-12-3-5-16(15(21)8-12)26-7-1-2-18(25)22-9-14-11-24-10-13(20)4-6-17(24)23-14/h3-6,8,10-11H,1-2,7,9H2,(H,22,25). The van der Waals surface area contributed by atoms with Crippen molar-refractivity contribution < 1.29 is 9.53 Å². The van der Waals surface area contributed by atoms with Gasteiger partial charge < -0.3 is 14.5 Å². The normalized spacial score (nSPS) is 10.9. The van der Waals surface area contributed by atoms with E-state index >= 15 is 0 Å². The molecule has 26 heavy (non-hydrogen) atoms. The van der Waals surface area contributed by atoms with Gasteiger partial charge in [0.15, 0.2) is 0 Å². The molecule has 0 aliphatic heterocycles. The first-order valence-electron chi connectivity index (χ1n) is 7.99. The van der Waals surface area contributed by atoms with E-state index in [1.165, 1.54) is 0 Å². The highest BCUT2D eigenvalue weighted by molar-refractivity contribution is 6.35. The van der Waals surface area contributed by atoms with Crippen LogP contribution >= 0.6 is 34.8 Å². The van der Waals surface area contributed by atoms with Crippen LogP contribution in [0.5, 0.6) is 5.75 Å². The van der Waals surface area contributed by atoms with E-state index in [1.54, 1.807) is 30.5 Å². The smallest absolute Gasteiger partial charge is 0.220 e. The van der Waals surface area contributed by atoms with Crippen LogP contribution in [0.15, 0.2) is 42.7 Å². The van der Waals surface area contributed by atoms with Crippen LogP contribution in [0.25, 0.3) is 5.65 Å². The van der Waals surface area contributed by atoms with E-state index in [9.17, 15) is 4.79 Å². The molecule has 1 N–H and O–H groups in total. The minimum absolute atomic E-state index is 0.0640. The predicted molar refractivity (Wildman–Crippen MR) is 103 cm³/mol. The first-order chi connectivity index (χ1) is 12.5. The number of hydrogen-bond donors (Lipinski definition) is 1. The summed E-state index contributed by atoms with van der Waals surface area (Å²) in [6.45, 7) is 0.754. The Hall–Kier alpha value is -1.95. The molecule has 136 valence electrons. The lowest BCUT2D eigenvalue weighted by molar-refractivity contribution is -0.121. The van der Waals surface area contributed by atoms with Gasteiger partial charge in [0.25, 0.3) is 0 Å². The number of halogens is 3. The maximum Gasteiger partial charge on any atom is 0.220 e. The van der Waals surface area contributed by atoms with E-state index in [0.717, 1.165) is 11.3 Å². The van der Waals surface area contributed by atoms with Gasteiger partial charge in [-0.2, -0.15) is 0 Å². The van der Waals surface area contributed by atoms with Crippen molar-refractivity contribution in [3.63, 3.8) is 0 Å². The van der Waals surface area contributed by atoms with Gasteiger partial charge >= 0.3 is 0 Å². The number of imidazole rings is 1. The Balaban J connectivity index is 1.41. The number of carbonyl (C=O) groups excluding carboxylic acids is 1. The topological polar surface area (TPSA) is 55.6 Å². The number of aromatic nitrogens is 2. The molecule has 0 saturated carbocycles. The SMILES string of the molecule is O=C(CCCOc1ccc(Cl)cc1Cl)NCc1cn2cc(Cl)ccc2n1. The molecule has 0 aliphatic rings. The highest BCUT2D eigenvalue weighted by atomic mass is 35.5. The molecule has 1 amide bonds. The number of nitrogens with zero attached hydrogens (tertiary/aromatic N) is 2. The highest BCUT2D eigenvalue weighted by Crippen LogP contribution is 2.27. The molecule has 0 atom stereocenters. The number of benzene rings is 1. The Labute approximate surface area is 165 Å². The first-order valence-corrected chi connectivity index (χ1v) is 9.12. The number of ether oxygens (including phenoxy) is 1. The predicted octanol–water partition coefficient (Wildman–Crippen LogP) is 4.77. The number of carbonyl (C=O) groups is 1. The van der Waals surface area contributed by atoms with E-state index in [-0.39, 0.29) is 5.91 Å². The van der Waals surface area contributed by atoms with Crippen molar-refractivity contribution in [3.05, 3.63) is 63.5 Å². The molecule has 0 aliphatic carbocycles. The van der Waals surface area contributed by atoms with Crippen molar-refractivity contribution in [2.45, 2.75) is 19.4 Å². The highest BCUT2D eigenvalue weighted by Gasteiger charge is 2.06. The second-order valence-electron chi connectivity index (χ2n) is 5.65. The Bertz CT molecular complexity index is 927. The van der Waals surface area contributed by atoms with Crippen molar-refractivity contribution in [1.82, 2.24) is 14.7 Å². The summed E-state index contributed by atoms with van der Waals surface area (Å²) < 4.78 is 7.38. The third-order valence-corrected chi connectivity index (χ3v) is 4.39. The molecule has 3 aromatic rings. The molecular weight excluding hydrogens is 397 g/mol. The fraction of sp³-hybridized carbons (Fsp3) is 0.222. The lowest BCUT2D eigenvalue weighted by atomic mass is 10.3. The quantitative estimate of drug-likeness (QED) is 0.569. The molecule has 0 fully saturated rings. The van der Waals surface area contributed by atoms with Gasteiger partial charge in [-0.15, -0.1) is 0 Å². The van der Waals surface area contributed by atoms with Crippen molar-refractivity contribution in [3.8, 4) is 5.75 Å². The number of amides is 1. The molecule has 2 heterocycles. The molecule has 5 nitrogen and oxygen atoms in total. The monoisotopic (exact) mass is 411 g/mol. The van der Waals surface area contributed by atoms with Crippen LogP contribution < -0.4 is 10.1 Å². The lowest BCUT2D eigenvalue weighted by Gasteiger charge is -2.08. The van der Waals surface area contributed by atoms with Gasteiger partial charge in [-0.3, -0.25) is 4.79 Å². The molecule has 8 heteroatoms. The minimum atomic E-state index is -0.0640. The maximum absolute atomic E-state index is 11.9. The molecule has 0 unspecified atom stereocenters. The second-order valence-corrected chi connectivity index (χ2v) is 6.93. The third-order valence-electron chi connectivity index (χ3n) is 3.63. The Morgan fingerprint density at radius 3 is 2.73 bits per heavy atom. The zero-order valence-electron chi connectivity index (χ0n) is 13.7. The number of pyridine rings is 1. The average Bonchev–Trinajstić information content (AvgIpc) is 3.00. The zero-order valence-corrected chi connectivity index (χ0v) is 16.0. The lowest BCUT2D eigenvalue weighted by Crippen LogP contribution is -2.23. The maximum atomic E-state index is 11.9. The number of hydrogen-bond acceptors (Lipinski definition) is 3. The summed E-state index contributed by atoms with van der Waals surface area (Å²) in [6, 6.07) is 8.64. The fourth-order valence-electron chi connectivity index (χ4n) is 2.39. The summed E-state index contributed by atoms with van der Waals surface area (Å²) >= 11 is 17.8. The third kappa shape index (κ3) is 5.04. The fourth-order valence-corrected chi connectivity index (χ4v) is 3.02. The van der Waals surface area contributed by atoms with E-state index in [4.69, 9.17) is 39.5 Å². The molecule has 0 spiro atoms. The second kappa shape index (κ2) is 8.62. The summed E-state index contributed by atoms with van der Waals surface area (Å²) in [5.41, 5.74) is 1.55. The van der Waals surface area contributed by atoms with Gasteiger partial charge in [0.2, 0.25) is 5.91 Å². The Morgan fingerprint density at radius 1 is 1.12 bits per heavy atom. The zero-order chi connectivity index (χ0) is 18.5. The van der Waals surface area contributed by atoms with Gasteiger partial charge in [0.1, 0.15) is 11.4 Å². The summed E-state index contributed by atoms with van der Waals surface area (Å²) in [5.74, 6) is 0.491. The largest absolute Gasteiger partial charge is 0.492 e. The Kier molecular flexibility index (Phi) is 6.25. The number of fused-ring (bicyclic) bond motifs is 1. The van der Waals surface area contributed by atoms with Crippen LogP contribution in [-0.4, -0.2) is 21.9 Å². The van der Waals surface area contributed by atoms with E-state index in [1.807, 2.05) is 16.7 Å². The molecule has 2 aromatic heterocycles. The van der Waals surface area contributed by atoms with Crippen LogP contribution in [0.4, 0.5) is 0 Å². The molecule has 0 radical (unpaired) electrons. The van der Waals surface area contributed by atoms with Crippen LogP contribution in [-0.2, 0) is 11.3 Å². The summed E-state index contributed by atoms with van der Waals surface area (Å²) in [6.07, 6.45) is 4.54. The van der Waals surface area contributed by atoms with Crippen molar-refractivity contribution >= 4 is 46.4 Å². The van der Waals surface area contributed by atoms with Crippen LogP contribution in [0.2, 0.25) is 15.1 Å². The van der Waals surface area contributed by atoms with Crippen molar-refractivity contribution in [2.75, 3.05) is 6.61 Å². The summed E-state index contributed by atoms with van der Waals surface area (Å²) in [7, 11) is 0. The molecule has 3 rings (SSSR count). The van der Waals surface area contributed by atoms with Crippen LogP contribution in [0.3, 0.4) is 0 Å². The van der Waals surface area contributed by atoms with E-state index < -0.39 is 0 Å². The van der Waals surface area contributed by atoms with Gasteiger partial charge in [-0.1, -0.05) is 34.8 Å². The minimum Gasteiger partial charge on any atom is -0.492 e. The van der Waals surface area contributed by atoms with Gasteiger partial charge in [-0.25, -0.2) is 4.98 Å². The van der Waals surface area contributed by atoms with Crippen molar-refractivity contribution in [2.24, 2.45) is 0 Å². The van der Waals surface area contributed by atoms with Gasteiger partial charge in [0.05, 0.1) is 28.9 Å². The number of nitrogens with one attached hydrogen (secondary N) is 1. The van der Waals surface area contributed by atoms with Crippen molar-refractivity contribution in [1.29, 1.82) is 0 Å². The molecule has 0 saturated heterocycles. The molecular formula is C18H16Cl3N3O2. The Morgan fingerprint density at radius 2 is 1.92 bits per heavy atom. The summed E-state index contributed by atoms with van der Waals surface area (Å²) in [5, 5.41) is 4.48. The molecule has 0 bridgehead atoms. The van der Waals surface area contributed by atoms with Gasteiger partial charge in [0, 0.05) is 23.8 Å². The first kappa shape index (κ1) is 18.8. The van der Waals surface area contributed by atoms with E-state index in [2.05, 4.69) is 10.3 Å². The van der Waals surface area contributed by atoms with Crippen LogP contribution in [0, 0.1) is 0 Å². The number of rotatable bonds is 7. The average molecular weight is 413 g/mol.